The van der Waals surface area contributed by atoms with Crippen molar-refractivity contribution in [1.82, 2.24) is 0 Å². The summed E-state index contributed by atoms with van der Waals surface area (Å²) in [6, 6.07) is 8.00. The van der Waals surface area contributed by atoms with E-state index in [0.717, 1.165) is 11.1 Å². The third-order valence-corrected chi connectivity index (χ3v) is 3.24. The molecule has 0 N–H and O–H groups in total. The van der Waals surface area contributed by atoms with Crippen molar-refractivity contribution in [3.63, 3.8) is 0 Å². The molecule has 0 amide bonds. The quantitative estimate of drug-likeness (QED) is 0.462. The molecule has 0 spiro atoms. The molecule has 3 nitrogen and oxygen atoms in total. The zero-order valence-corrected chi connectivity index (χ0v) is 9.96. The number of rotatable bonds is 4. The van der Waals surface area contributed by atoms with Gasteiger partial charge in [-0.1, -0.05) is 43.0 Å². The van der Waals surface area contributed by atoms with Crippen molar-refractivity contribution in [3.05, 3.63) is 53.6 Å². The predicted molar refractivity (Wildman–Crippen MR) is 68.1 cm³/mol. The lowest BCUT2D eigenvalue weighted by atomic mass is 9.94. The van der Waals surface area contributed by atoms with E-state index in [1.54, 1.807) is 0 Å². The molecule has 0 bridgehead atoms. The first-order chi connectivity index (χ1) is 8.75. The van der Waals surface area contributed by atoms with E-state index in [9.17, 15) is 4.79 Å². The van der Waals surface area contributed by atoms with Crippen LogP contribution in [0.4, 0.5) is 0 Å². The van der Waals surface area contributed by atoms with Gasteiger partial charge in [0.1, 0.15) is 12.7 Å². The minimum Gasteiger partial charge on any atom is -0.459 e. The Balaban J connectivity index is 1.69. The second kappa shape index (κ2) is 4.42. The number of epoxide rings is 1. The topological polar surface area (TPSA) is 38.8 Å². The van der Waals surface area contributed by atoms with Crippen LogP contribution >= 0.6 is 0 Å². The van der Waals surface area contributed by atoms with E-state index >= 15 is 0 Å². The van der Waals surface area contributed by atoms with Gasteiger partial charge in [-0.25, -0.2) is 4.79 Å². The van der Waals surface area contributed by atoms with E-state index in [4.69, 9.17) is 9.47 Å². The van der Waals surface area contributed by atoms with E-state index in [2.05, 4.69) is 6.58 Å². The molecule has 3 heteroatoms. The van der Waals surface area contributed by atoms with Gasteiger partial charge in [-0.2, -0.15) is 0 Å². The summed E-state index contributed by atoms with van der Waals surface area (Å²) in [4.78, 5) is 11.9. The zero-order valence-electron chi connectivity index (χ0n) is 9.96. The third kappa shape index (κ3) is 2.09. The second-order valence-corrected chi connectivity index (χ2v) is 4.54. The summed E-state index contributed by atoms with van der Waals surface area (Å²) in [6.45, 7) is 4.88. The van der Waals surface area contributed by atoms with Gasteiger partial charge in [0.25, 0.3) is 0 Å². The van der Waals surface area contributed by atoms with Crippen LogP contribution in [0, 0.1) is 0 Å². The molecular weight excluding hydrogens is 228 g/mol. The maximum Gasteiger partial charge on any atom is 0.334 e. The van der Waals surface area contributed by atoms with Crippen LogP contribution in [0.15, 0.2) is 42.5 Å². The van der Waals surface area contributed by atoms with E-state index in [1.165, 1.54) is 0 Å². The Hall–Kier alpha value is -1.87. The van der Waals surface area contributed by atoms with Gasteiger partial charge in [0.15, 0.2) is 0 Å². The predicted octanol–water partition coefficient (Wildman–Crippen LogP) is 2.30. The Labute approximate surface area is 106 Å². The molecular formula is C15H14O3. The van der Waals surface area contributed by atoms with Crippen LogP contribution < -0.4 is 0 Å². The third-order valence-electron chi connectivity index (χ3n) is 3.24. The van der Waals surface area contributed by atoms with Crippen molar-refractivity contribution in [3.8, 4) is 0 Å². The van der Waals surface area contributed by atoms with E-state index in [-0.39, 0.29) is 18.0 Å². The summed E-state index contributed by atoms with van der Waals surface area (Å²) in [5, 5.41) is 0. The normalized spacial score (nSPS) is 23.6. The molecule has 1 saturated heterocycles. The first-order valence-corrected chi connectivity index (χ1v) is 6.00. The minimum atomic E-state index is -0.336. The van der Waals surface area contributed by atoms with Gasteiger partial charge in [0.05, 0.1) is 6.61 Å². The fourth-order valence-electron chi connectivity index (χ4n) is 2.11. The molecule has 1 aliphatic carbocycles. The molecule has 2 atom stereocenters. The van der Waals surface area contributed by atoms with Crippen LogP contribution in [0.5, 0.6) is 0 Å². The van der Waals surface area contributed by atoms with Gasteiger partial charge in [0, 0.05) is 11.5 Å². The Kier molecular flexibility index (Phi) is 2.76. The van der Waals surface area contributed by atoms with Crippen molar-refractivity contribution in [2.45, 2.75) is 12.0 Å². The molecule has 1 aromatic carbocycles. The van der Waals surface area contributed by atoms with Crippen LogP contribution in [-0.4, -0.2) is 25.3 Å². The highest BCUT2D eigenvalue weighted by molar-refractivity contribution is 5.91. The van der Waals surface area contributed by atoms with Gasteiger partial charge in [-0.15, -0.1) is 0 Å². The largest absolute Gasteiger partial charge is 0.459 e. The Morgan fingerprint density at radius 2 is 2.22 bits per heavy atom. The van der Waals surface area contributed by atoms with Crippen LogP contribution in [0.2, 0.25) is 0 Å². The van der Waals surface area contributed by atoms with Crippen molar-refractivity contribution < 1.29 is 14.3 Å². The Morgan fingerprint density at radius 1 is 1.44 bits per heavy atom. The lowest BCUT2D eigenvalue weighted by Crippen LogP contribution is -2.15. The molecule has 18 heavy (non-hydrogen) atoms. The molecule has 92 valence electrons. The fraction of sp³-hybridized carbons (Fsp3) is 0.267. The van der Waals surface area contributed by atoms with Gasteiger partial charge in [-0.3, -0.25) is 0 Å². The molecule has 1 heterocycles. The highest BCUT2D eigenvalue weighted by Crippen LogP contribution is 2.34. The Morgan fingerprint density at radius 3 is 3.00 bits per heavy atom. The standard InChI is InChI=1S/C15H14O3/c1-10(15(16)18-9-12-8-17-12)13-7-6-11-4-2-3-5-14(11)13/h2-7,12-13H,1,8-9H2. The molecule has 1 fully saturated rings. The molecule has 0 saturated carbocycles. The average molecular weight is 242 g/mol. The summed E-state index contributed by atoms with van der Waals surface area (Å²) in [6.07, 6.45) is 4.10. The van der Waals surface area contributed by atoms with Gasteiger partial charge < -0.3 is 9.47 Å². The lowest BCUT2D eigenvalue weighted by Gasteiger charge is -2.13. The zero-order chi connectivity index (χ0) is 12.5. The number of fused-ring (bicyclic) bond motifs is 1. The molecule has 0 radical (unpaired) electrons. The van der Waals surface area contributed by atoms with Gasteiger partial charge in [-0.05, 0) is 11.1 Å². The highest BCUT2D eigenvalue weighted by Gasteiger charge is 2.28. The number of carbonyl (C=O) groups excluding carboxylic acids is 1. The molecule has 2 unspecified atom stereocenters. The molecule has 3 rings (SSSR count). The molecule has 0 aromatic heterocycles. The SMILES string of the molecule is C=C(C(=O)OCC1CO1)C1C=Cc2ccccc21. The number of allylic oxidation sites excluding steroid dienone is 1. The maximum atomic E-state index is 11.9. The van der Waals surface area contributed by atoms with Crippen LogP contribution in [0.25, 0.3) is 6.08 Å². The van der Waals surface area contributed by atoms with Gasteiger partial charge in [0.2, 0.25) is 0 Å². The number of esters is 1. The number of hydrogen-bond donors (Lipinski definition) is 0. The van der Waals surface area contributed by atoms with Gasteiger partial charge >= 0.3 is 5.97 Å². The first kappa shape index (κ1) is 11.2. The number of hydrogen-bond acceptors (Lipinski definition) is 3. The smallest absolute Gasteiger partial charge is 0.334 e. The van der Waals surface area contributed by atoms with E-state index in [0.29, 0.717) is 18.8 Å². The van der Waals surface area contributed by atoms with Crippen LogP contribution in [0.1, 0.15) is 17.0 Å². The minimum absolute atomic E-state index is 0.0613. The summed E-state index contributed by atoms with van der Waals surface area (Å²) in [5.74, 6) is -0.398. The summed E-state index contributed by atoms with van der Waals surface area (Å²) < 4.78 is 10.2. The second-order valence-electron chi connectivity index (χ2n) is 4.54. The summed E-state index contributed by atoms with van der Waals surface area (Å²) in [5.41, 5.74) is 2.74. The maximum absolute atomic E-state index is 11.9. The van der Waals surface area contributed by atoms with E-state index < -0.39 is 0 Å². The lowest BCUT2D eigenvalue weighted by molar-refractivity contribution is -0.139. The van der Waals surface area contributed by atoms with Crippen LogP contribution in [0.3, 0.4) is 0 Å². The molecule has 1 aromatic rings. The Bertz CT molecular complexity index is 526. The number of carbonyl (C=O) groups is 1. The highest BCUT2D eigenvalue weighted by atomic mass is 16.6. The van der Waals surface area contributed by atoms with Crippen molar-refractivity contribution >= 4 is 12.0 Å². The van der Waals surface area contributed by atoms with Crippen molar-refractivity contribution in [2.75, 3.05) is 13.2 Å². The van der Waals surface area contributed by atoms with Crippen LogP contribution in [-0.2, 0) is 14.3 Å². The van der Waals surface area contributed by atoms with Crippen molar-refractivity contribution in [1.29, 1.82) is 0 Å². The summed E-state index contributed by atoms with van der Waals surface area (Å²) in [7, 11) is 0. The summed E-state index contributed by atoms with van der Waals surface area (Å²) >= 11 is 0. The average Bonchev–Trinajstić information content (AvgIpc) is 3.13. The molecule has 2 aliphatic rings. The number of benzene rings is 1. The fourth-order valence-corrected chi connectivity index (χ4v) is 2.11. The van der Waals surface area contributed by atoms with E-state index in [1.807, 2.05) is 36.4 Å². The monoisotopic (exact) mass is 242 g/mol. The first-order valence-electron chi connectivity index (χ1n) is 6.00. The van der Waals surface area contributed by atoms with Crippen molar-refractivity contribution in [2.24, 2.45) is 0 Å². The number of ether oxygens (including phenoxy) is 2. The molecule has 1 aliphatic heterocycles.